The van der Waals surface area contributed by atoms with Gasteiger partial charge in [0.2, 0.25) is 5.95 Å². The van der Waals surface area contributed by atoms with Gasteiger partial charge in [0, 0.05) is 45.1 Å². The SMILES string of the molecule is CN=C(NCC1CCSCC1)NC1CCCN(c2ncccn2)C1.I. The number of guanidine groups is 1. The van der Waals surface area contributed by atoms with Crippen molar-refractivity contribution in [1.82, 2.24) is 20.6 Å². The molecular formula is C17H29IN6S. The van der Waals surface area contributed by atoms with E-state index in [1.807, 2.05) is 25.5 Å². The first-order chi connectivity index (χ1) is 11.8. The van der Waals surface area contributed by atoms with Crippen LogP contribution in [0.15, 0.2) is 23.5 Å². The Morgan fingerprint density at radius 2 is 2.04 bits per heavy atom. The van der Waals surface area contributed by atoms with Crippen molar-refractivity contribution >= 4 is 47.6 Å². The Labute approximate surface area is 172 Å². The molecule has 0 spiro atoms. The van der Waals surface area contributed by atoms with Crippen molar-refractivity contribution in [3.05, 3.63) is 18.5 Å². The molecule has 2 aliphatic rings. The first kappa shape index (κ1) is 20.5. The Hall–Kier alpha value is -0.770. The van der Waals surface area contributed by atoms with Gasteiger partial charge in [-0.05, 0) is 49.2 Å². The third kappa shape index (κ3) is 6.47. The van der Waals surface area contributed by atoms with Crippen LogP contribution in [-0.4, -0.2) is 60.2 Å². The van der Waals surface area contributed by atoms with Crippen LogP contribution < -0.4 is 15.5 Å². The molecule has 1 unspecified atom stereocenters. The summed E-state index contributed by atoms with van der Waals surface area (Å²) in [5.41, 5.74) is 0. The van der Waals surface area contributed by atoms with E-state index in [4.69, 9.17) is 0 Å². The zero-order chi connectivity index (χ0) is 16.6. The second-order valence-corrected chi connectivity index (χ2v) is 7.71. The maximum atomic E-state index is 4.40. The Balaban J connectivity index is 0.00000225. The van der Waals surface area contributed by atoms with E-state index in [0.717, 1.165) is 50.3 Å². The molecule has 8 heteroatoms. The van der Waals surface area contributed by atoms with Gasteiger partial charge in [0.05, 0.1) is 0 Å². The van der Waals surface area contributed by atoms with Gasteiger partial charge in [-0.25, -0.2) is 9.97 Å². The van der Waals surface area contributed by atoms with Crippen LogP contribution in [0.3, 0.4) is 0 Å². The van der Waals surface area contributed by atoms with E-state index in [2.05, 4.69) is 42.3 Å². The van der Waals surface area contributed by atoms with Crippen LogP contribution in [0, 0.1) is 5.92 Å². The molecule has 2 saturated heterocycles. The quantitative estimate of drug-likeness (QED) is 0.395. The van der Waals surface area contributed by atoms with Crippen molar-refractivity contribution in [3.63, 3.8) is 0 Å². The maximum Gasteiger partial charge on any atom is 0.225 e. The summed E-state index contributed by atoms with van der Waals surface area (Å²) in [4.78, 5) is 15.4. The highest BCUT2D eigenvalue weighted by molar-refractivity contribution is 14.0. The summed E-state index contributed by atoms with van der Waals surface area (Å²) < 4.78 is 0. The molecule has 0 aromatic carbocycles. The van der Waals surface area contributed by atoms with Crippen LogP contribution in [-0.2, 0) is 0 Å². The first-order valence-corrected chi connectivity index (χ1v) is 10.1. The number of halogens is 1. The number of rotatable bonds is 4. The fourth-order valence-corrected chi connectivity index (χ4v) is 4.51. The van der Waals surface area contributed by atoms with E-state index in [-0.39, 0.29) is 24.0 Å². The molecule has 140 valence electrons. The van der Waals surface area contributed by atoms with E-state index < -0.39 is 0 Å². The minimum Gasteiger partial charge on any atom is -0.356 e. The van der Waals surface area contributed by atoms with Crippen LogP contribution in [0.5, 0.6) is 0 Å². The molecule has 0 radical (unpaired) electrons. The lowest BCUT2D eigenvalue weighted by atomic mass is 10.0. The number of piperidine rings is 1. The largest absolute Gasteiger partial charge is 0.356 e. The van der Waals surface area contributed by atoms with Gasteiger partial charge in [-0.3, -0.25) is 4.99 Å². The molecule has 6 nitrogen and oxygen atoms in total. The molecule has 1 aromatic rings. The van der Waals surface area contributed by atoms with Gasteiger partial charge >= 0.3 is 0 Å². The second-order valence-electron chi connectivity index (χ2n) is 6.49. The highest BCUT2D eigenvalue weighted by Crippen LogP contribution is 2.21. The number of thioether (sulfide) groups is 1. The molecule has 25 heavy (non-hydrogen) atoms. The summed E-state index contributed by atoms with van der Waals surface area (Å²) >= 11 is 2.07. The van der Waals surface area contributed by atoms with Gasteiger partial charge in [-0.2, -0.15) is 11.8 Å². The highest BCUT2D eigenvalue weighted by atomic mass is 127. The van der Waals surface area contributed by atoms with Gasteiger partial charge in [-0.1, -0.05) is 0 Å². The lowest BCUT2D eigenvalue weighted by molar-refractivity contribution is 0.450. The number of nitrogens with zero attached hydrogens (tertiary/aromatic N) is 4. The number of hydrogen-bond donors (Lipinski definition) is 2. The average molecular weight is 476 g/mol. The Morgan fingerprint density at radius 3 is 2.76 bits per heavy atom. The van der Waals surface area contributed by atoms with Crippen LogP contribution in [0.1, 0.15) is 25.7 Å². The molecular weight excluding hydrogens is 447 g/mol. The number of hydrogen-bond acceptors (Lipinski definition) is 5. The molecule has 2 fully saturated rings. The zero-order valence-electron chi connectivity index (χ0n) is 14.9. The van der Waals surface area contributed by atoms with Crippen LogP contribution >= 0.6 is 35.7 Å². The summed E-state index contributed by atoms with van der Waals surface area (Å²) in [6.45, 7) is 2.97. The highest BCUT2D eigenvalue weighted by Gasteiger charge is 2.22. The van der Waals surface area contributed by atoms with E-state index >= 15 is 0 Å². The summed E-state index contributed by atoms with van der Waals surface area (Å²) in [7, 11) is 1.85. The summed E-state index contributed by atoms with van der Waals surface area (Å²) in [6.07, 6.45) is 8.55. The first-order valence-electron chi connectivity index (χ1n) is 8.92. The minimum absolute atomic E-state index is 0. The van der Waals surface area contributed by atoms with Crippen molar-refractivity contribution in [2.24, 2.45) is 10.9 Å². The predicted octanol–water partition coefficient (Wildman–Crippen LogP) is 2.37. The standard InChI is InChI=1S/C17H28N6S.HI/c1-18-16(21-12-14-5-10-24-11-6-14)22-15-4-2-9-23(13-15)17-19-7-3-8-20-17;/h3,7-8,14-15H,2,4-6,9-13H2,1H3,(H2,18,21,22);1H. The molecule has 0 saturated carbocycles. The molecule has 0 amide bonds. The van der Waals surface area contributed by atoms with Gasteiger partial charge in [0.25, 0.3) is 0 Å². The molecule has 0 bridgehead atoms. The van der Waals surface area contributed by atoms with Crippen LogP contribution in [0.2, 0.25) is 0 Å². The molecule has 0 aliphatic carbocycles. The lowest BCUT2D eigenvalue weighted by Crippen LogP contribution is -2.52. The zero-order valence-corrected chi connectivity index (χ0v) is 18.0. The van der Waals surface area contributed by atoms with Gasteiger partial charge in [-0.15, -0.1) is 24.0 Å². The van der Waals surface area contributed by atoms with Crippen molar-refractivity contribution in [2.45, 2.75) is 31.7 Å². The van der Waals surface area contributed by atoms with Crippen LogP contribution in [0.4, 0.5) is 5.95 Å². The monoisotopic (exact) mass is 476 g/mol. The van der Waals surface area contributed by atoms with E-state index in [0.29, 0.717) is 6.04 Å². The second kappa shape index (κ2) is 11.1. The molecule has 1 atom stereocenters. The fourth-order valence-electron chi connectivity index (χ4n) is 3.31. The van der Waals surface area contributed by atoms with E-state index in [9.17, 15) is 0 Å². The maximum absolute atomic E-state index is 4.40. The van der Waals surface area contributed by atoms with Gasteiger partial charge in [0.15, 0.2) is 5.96 Å². The predicted molar refractivity (Wildman–Crippen MR) is 117 cm³/mol. The lowest BCUT2D eigenvalue weighted by Gasteiger charge is -2.34. The van der Waals surface area contributed by atoms with Gasteiger partial charge < -0.3 is 15.5 Å². The average Bonchev–Trinajstić information content (AvgIpc) is 2.67. The smallest absolute Gasteiger partial charge is 0.225 e. The number of aliphatic imine (C=N–C) groups is 1. The molecule has 3 heterocycles. The molecule has 2 aliphatic heterocycles. The fraction of sp³-hybridized carbons (Fsp3) is 0.706. The van der Waals surface area contributed by atoms with Crippen molar-refractivity contribution in [2.75, 3.05) is 43.1 Å². The van der Waals surface area contributed by atoms with Crippen molar-refractivity contribution in [1.29, 1.82) is 0 Å². The normalized spacial score (nSPS) is 22.2. The number of aromatic nitrogens is 2. The molecule has 1 aromatic heterocycles. The van der Waals surface area contributed by atoms with E-state index in [1.54, 1.807) is 0 Å². The minimum atomic E-state index is 0. The van der Waals surface area contributed by atoms with Gasteiger partial charge in [0.1, 0.15) is 0 Å². The topological polar surface area (TPSA) is 65.4 Å². The van der Waals surface area contributed by atoms with Crippen molar-refractivity contribution < 1.29 is 0 Å². The molecule has 3 rings (SSSR count). The third-order valence-electron chi connectivity index (χ3n) is 4.72. The third-order valence-corrected chi connectivity index (χ3v) is 5.77. The summed E-state index contributed by atoms with van der Waals surface area (Å²) in [6, 6.07) is 2.24. The Kier molecular flexibility index (Phi) is 9.08. The summed E-state index contributed by atoms with van der Waals surface area (Å²) in [5.74, 6) is 5.13. The van der Waals surface area contributed by atoms with E-state index in [1.165, 1.54) is 24.3 Å². The van der Waals surface area contributed by atoms with Crippen molar-refractivity contribution in [3.8, 4) is 0 Å². The number of nitrogens with one attached hydrogen (secondary N) is 2. The Morgan fingerprint density at radius 1 is 1.28 bits per heavy atom. The number of anilines is 1. The Bertz CT molecular complexity index is 523. The van der Waals surface area contributed by atoms with Crippen LogP contribution in [0.25, 0.3) is 0 Å². The molecule has 2 N–H and O–H groups in total. The summed E-state index contributed by atoms with van der Waals surface area (Å²) in [5, 5.41) is 7.10.